The summed E-state index contributed by atoms with van der Waals surface area (Å²) in [6, 6.07) is 3.46. The minimum absolute atomic E-state index is 0.00721. The van der Waals surface area contributed by atoms with Gasteiger partial charge in [0, 0.05) is 25.8 Å². The van der Waals surface area contributed by atoms with E-state index < -0.39 is 10.0 Å². The van der Waals surface area contributed by atoms with Crippen molar-refractivity contribution in [2.75, 3.05) is 25.4 Å². The van der Waals surface area contributed by atoms with Gasteiger partial charge in [0.2, 0.25) is 10.0 Å². The standard InChI is InChI=1S/C13H17N3O3S/c17-13-11-4-3-5-14-12(11)10-15(13)8-9-20(18,19)16-6-1-2-7-16/h3-5H,1-2,6-10H2. The van der Waals surface area contributed by atoms with Crippen LogP contribution in [0.15, 0.2) is 18.3 Å². The fraction of sp³-hybridized carbons (Fsp3) is 0.538. The van der Waals surface area contributed by atoms with Gasteiger partial charge in [0.15, 0.2) is 0 Å². The molecule has 0 N–H and O–H groups in total. The van der Waals surface area contributed by atoms with E-state index in [1.165, 1.54) is 4.31 Å². The molecule has 0 spiro atoms. The number of carbonyl (C=O) groups excluding carboxylic acids is 1. The Morgan fingerprint density at radius 2 is 2.00 bits per heavy atom. The van der Waals surface area contributed by atoms with E-state index in [1.807, 2.05) is 0 Å². The Morgan fingerprint density at radius 3 is 2.70 bits per heavy atom. The molecule has 0 radical (unpaired) electrons. The minimum atomic E-state index is -3.24. The van der Waals surface area contributed by atoms with Crippen LogP contribution in [0.3, 0.4) is 0 Å². The lowest BCUT2D eigenvalue weighted by atomic mass is 10.2. The van der Waals surface area contributed by atoms with Crippen molar-refractivity contribution in [2.45, 2.75) is 19.4 Å². The van der Waals surface area contributed by atoms with Crippen LogP contribution < -0.4 is 0 Å². The second kappa shape index (κ2) is 5.14. The summed E-state index contributed by atoms with van der Waals surface area (Å²) in [6.45, 7) is 1.86. The van der Waals surface area contributed by atoms with Crippen molar-refractivity contribution in [3.8, 4) is 0 Å². The molecular weight excluding hydrogens is 278 g/mol. The molecule has 2 aliphatic rings. The van der Waals surface area contributed by atoms with Gasteiger partial charge >= 0.3 is 0 Å². The van der Waals surface area contributed by atoms with Gasteiger partial charge in [-0.25, -0.2) is 12.7 Å². The van der Waals surface area contributed by atoms with Gasteiger partial charge in [0.1, 0.15) is 0 Å². The number of pyridine rings is 1. The van der Waals surface area contributed by atoms with Gasteiger partial charge < -0.3 is 4.90 Å². The van der Waals surface area contributed by atoms with E-state index in [9.17, 15) is 13.2 Å². The normalized spacial score (nSPS) is 19.6. The summed E-state index contributed by atoms with van der Waals surface area (Å²) < 4.78 is 25.8. The largest absolute Gasteiger partial charge is 0.332 e. The van der Waals surface area contributed by atoms with E-state index in [2.05, 4.69) is 4.98 Å². The molecule has 1 aromatic heterocycles. The average Bonchev–Trinajstić information content (AvgIpc) is 3.06. The van der Waals surface area contributed by atoms with Crippen LogP contribution in [-0.2, 0) is 16.6 Å². The fourth-order valence-electron chi connectivity index (χ4n) is 2.68. The molecule has 3 heterocycles. The van der Waals surface area contributed by atoms with Gasteiger partial charge in [-0.2, -0.15) is 0 Å². The van der Waals surface area contributed by atoms with Gasteiger partial charge in [-0.1, -0.05) is 0 Å². The van der Waals surface area contributed by atoms with Gasteiger partial charge in [0.05, 0.1) is 23.6 Å². The lowest BCUT2D eigenvalue weighted by molar-refractivity contribution is 0.0787. The van der Waals surface area contributed by atoms with Gasteiger partial charge in [-0.15, -0.1) is 0 Å². The first kappa shape index (κ1) is 13.5. The minimum Gasteiger partial charge on any atom is -0.332 e. The number of rotatable bonds is 4. The summed E-state index contributed by atoms with van der Waals surface area (Å²) in [7, 11) is -3.24. The summed E-state index contributed by atoms with van der Waals surface area (Å²) in [5.74, 6) is -0.128. The first-order chi connectivity index (χ1) is 9.58. The Hall–Kier alpha value is -1.47. The van der Waals surface area contributed by atoms with Crippen molar-refractivity contribution in [1.82, 2.24) is 14.2 Å². The number of aromatic nitrogens is 1. The van der Waals surface area contributed by atoms with Crippen LogP contribution in [0, 0.1) is 0 Å². The Balaban J connectivity index is 1.64. The molecule has 1 amide bonds. The smallest absolute Gasteiger partial charge is 0.256 e. The predicted octanol–water partition coefficient (Wildman–Crippen LogP) is 0.463. The number of sulfonamides is 1. The van der Waals surface area contributed by atoms with Crippen LogP contribution in [-0.4, -0.2) is 53.9 Å². The maximum absolute atomic E-state index is 12.1. The molecule has 3 rings (SSSR count). The highest BCUT2D eigenvalue weighted by Gasteiger charge is 2.31. The van der Waals surface area contributed by atoms with Crippen LogP contribution in [0.1, 0.15) is 28.9 Å². The van der Waals surface area contributed by atoms with Crippen LogP contribution in [0.5, 0.6) is 0 Å². The predicted molar refractivity (Wildman–Crippen MR) is 73.6 cm³/mol. The molecule has 1 aromatic rings. The molecule has 1 saturated heterocycles. The Kier molecular flexibility index (Phi) is 3.47. The van der Waals surface area contributed by atoms with Crippen molar-refractivity contribution < 1.29 is 13.2 Å². The molecule has 2 aliphatic heterocycles. The highest BCUT2D eigenvalue weighted by atomic mass is 32.2. The Labute approximate surface area is 118 Å². The second-order valence-corrected chi connectivity index (χ2v) is 7.24. The number of fused-ring (bicyclic) bond motifs is 1. The molecule has 0 saturated carbocycles. The molecule has 20 heavy (non-hydrogen) atoms. The third-order valence-electron chi connectivity index (χ3n) is 3.83. The first-order valence-corrected chi connectivity index (χ1v) is 8.40. The lowest BCUT2D eigenvalue weighted by Gasteiger charge is -2.19. The maximum atomic E-state index is 12.1. The summed E-state index contributed by atoms with van der Waals surface area (Å²) >= 11 is 0. The zero-order valence-electron chi connectivity index (χ0n) is 11.2. The van der Waals surface area contributed by atoms with E-state index in [0.29, 0.717) is 25.2 Å². The number of carbonyl (C=O) groups is 1. The monoisotopic (exact) mass is 295 g/mol. The zero-order chi connectivity index (χ0) is 14.2. The maximum Gasteiger partial charge on any atom is 0.256 e. The molecule has 0 bridgehead atoms. The quantitative estimate of drug-likeness (QED) is 0.809. The molecule has 7 heteroatoms. The lowest BCUT2D eigenvalue weighted by Crippen LogP contribution is -2.36. The number of amides is 1. The fourth-order valence-corrected chi connectivity index (χ4v) is 4.21. The highest BCUT2D eigenvalue weighted by molar-refractivity contribution is 7.89. The molecule has 0 unspecified atom stereocenters. The second-order valence-electron chi connectivity index (χ2n) is 5.15. The van der Waals surface area contributed by atoms with Crippen molar-refractivity contribution >= 4 is 15.9 Å². The van der Waals surface area contributed by atoms with E-state index >= 15 is 0 Å². The van der Waals surface area contributed by atoms with Gasteiger partial charge in [-0.05, 0) is 25.0 Å². The van der Waals surface area contributed by atoms with Crippen molar-refractivity contribution in [2.24, 2.45) is 0 Å². The SMILES string of the molecule is O=C1c2cccnc2CN1CCS(=O)(=O)N1CCCC1. The molecule has 6 nitrogen and oxygen atoms in total. The Morgan fingerprint density at radius 1 is 1.25 bits per heavy atom. The van der Waals surface area contributed by atoms with Crippen molar-refractivity contribution in [3.05, 3.63) is 29.6 Å². The molecule has 0 aliphatic carbocycles. The van der Waals surface area contributed by atoms with Crippen LogP contribution in [0.2, 0.25) is 0 Å². The summed E-state index contributed by atoms with van der Waals surface area (Å²) in [5, 5.41) is 0. The van der Waals surface area contributed by atoms with E-state index in [0.717, 1.165) is 18.5 Å². The third kappa shape index (κ3) is 2.43. The topological polar surface area (TPSA) is 70.6 Å². The zero-order valence-corrected chi connectivity index (χ0v) is 12.0. The van der Waals surface area contributed by atoms with E-state index in [1.54, 1.807) is 23.2 Å². The first-order valence-electron chi connectivity index (χ1n) is 6.79. The van der Waals surface area contributed by atoms with Crippen molar-refractivity contribution in [3.63, 3.8) is 0 Å². The number of hydrogen-bond acceptors (Lipinski definition) is 4. The Bertz CT molecular complexity index is 624. The van der Waals surface area contributed by atoms with Gasteiger partial charge in [0.25, 0.3) is 5.91 Å². The molecular formula is C13H17N3O3S. The van der Waals surface area contributed by atoms with Crippen molar-refractivity contribution in [1.29, 1.82) is 0 Å². The average molecular weight is 295 g/mol. The highest BCUT2D eigenvalue weighted by Crippen LogP contribution is 2.20. The van der Waals surface area contributed by atoms with Crippen LogP contribution >= 0.6 is 0 Å². The molecule has 0 aromatic carbocycles. The molecule has 108 valence electrons. The van der Waals surface area contributed by atoms with Crippen LogP contribution in [0.4, 0.5) is 0 Å². The third-order valence-corrected chi connectivity index (χ3v) is 5.68. The van der Waals surface area contributed by atoms with Gasteiger partial charge in [-0.3, -0.25) is 9.78 Å². The summed E-state index contributed by atoms with van der Waals surface area (Å²) in [6.07, 6.45) is 3.51. The molecule has 1 fully saturated rings. The summed E-state index contributed by atoms with van der Waals surface area (Å²) in [4.78, 5) is 17.8. The van der Waals surface area contributed by atoms with E-state index in [-0.39, 0.29) is 18.2 Å². The molecule has 0 atom stereocenters. The van der Waals surface area contributed by atoms with E-state index in [4.69, 9.17) is 0 Å². The number of hydrogen-bond donors (Lipinski definition) is 0. The van der Waals surface area contributed by atoms with Crippen LogP contribution in [0.25, 0.3) is 0 Å². The summed E-state index contributed by atoms with van der Waals surface area (Å²) in [5.41, 5.74) is 1.32. The number of nitrogens with zero attached hydrogens (tertiary/aromatic N) is 3.